The van der Waals surface area contributed by atoms with Crippen LogP contribution in [0.5, 0.6) is 0 Å². The molecule has 1 aliphatic heterocycles. The molecule has 8 heteroatoms. The first-order valence-electron chi connectivity index (χ1n) is 7.71. The van der Waals surface area contributed by atoms with Crippen molar-refractivity contribution in [1.29, 1.82) is 0 Å². The van der Waals surface area contributed by atoms with Gasteiger partial charge in [0.05, 0.1) is 5.92 Å². The summed E-state index contributed by atoms with van der Waals surface area (Å²) < 4.78 is 9.96. The molecule has 0 bridgehead atoms. The maximum Gasteiger partial charge on any atom is 0.308 e. The van der Waals surface area contributed by atoms with Gasteiger partial charge in [0.1, 0.15) is 6.61 Å². The topological polar surface area (TPSA) is 92.9 Å². The highest BCUT2D eigenvalue weighted by atomic mass is 35.5. The Hall–Kier alpha value is -2.38. The first-order valence-corrected chi connectivity index (χ1v) is 8.09. The summed E-state index contributed by atoms with van der Waals surface area (Å²) in [5.41, 5.74) is 0.986. The van der Waals surface area contributed by atoms with E-state index in [9.17, 15) is 14.7 Å². The zero-order chi connectivity index (χ0) is 18.0. The number of hydrogen-bond donors (Lipinski definition) is 1. The van der Waals surface area contributed by atoms with Crippen LogP contribution in [0.2, 0.25) is 5.02 Å². The summed E-state index contributed by atoms with van der Waals surface area (Å²) in [7, 11) is 1.51. The van der Waals surface area contributed by atoms with Crippen molar-refractivity contribution in [3.05, 3.63) is 52.4 Å². The van der Waals surface area contributed by atoms with E-state index in [-0.39, 0.29) is 30.7 Å². The lowest BCUT2D eigenvalue weighted by molar-refractivity contribution is -0.141. The smallest absolute Gasteiger partial charge is 0.308 e. The SMILES string of the molecule is COCc1cc(C(=O)N2C[C@@H](C(=O)O)[C@H](c3ccc(Cl)cc3)C2)no1. The number of aromatic nitrogens is 1. The highest BCUT2D eigenvalue weighted by Crippen LogP contribution is 2.34. The first kappa shape index (κ1) is 17.4. The monoisotopic (exact) mass is 364 g/mol. The minimum atomic E-state index is -0.935. The molecule has 3 rings (SSSR count). The average Bonchev–Trinajstić information content (AvgIpc) is 3.22. The summed E-state index contributed by atoms with van der Waals surface area (Å²) in [6.07, 6.45) is 0. The number of hydrogen-bond acceptors (Lipinski definition) is 5. The number of ether oxygens (including phenoxy) is 1. The van der Waals surface area contributed by atoms with Crippen molar-refractivity contribution in [2.24, 2.45) is 5.92 Å². The van der Waals surface area contributed by atoms with Crippen molar-refractivity contribution in [2.75, 3.05) is 20.2 Å². The molecule has 2 heterocycles. The van der Waals surface area contributed by atoms with Crippen LogP contribution in [0.3, 0.4) is 0 Å². The Morgan fingerprint density at radius 2 is 2.08 bits per heavy atom. The van der Waals surface area contributed by atoms with E-state index in [2.05, 4.69) is 5.16 Å². The molecular formula is C17H17ClN2O5. The second kappa shape index (κ2) is 7.25. The Morgan fingerprint density at radius 3 is 2.72 bits per heavy atom. The van der Waals surface area contributed by atoms with E-state index in [1.807, 2.05) is 0 Å². The first-order chi connectivity index (χ1) is 12.0. The van der Waals surface area contributed by atoms with Gasteiger partial charge in [-0.1, -0.05) is 28.9 Å². The summed E-state index contributed by atoms with van der Waals surface area (Å²) >= 11 is 5.89. The Morgan fingerprint density at radius 1 is 1.36 bits per heavy atom. The third kappa shape index (κ3) is 3.67. The Kier molecular flexibility index (Phi) is 5.06. The van der Waals surface area contributed by atoms with Crippen LogP contribution in [-0.2, 0) is 16.1 Å². The predicted octanol–water partition coefficient (Wildman–Crippen LogP) is 2.41. The molecule has 7 nitrogen and oxygen atoms in total. The van der Waals surface area contributed by atoms with Crippen LogP contribution in [-0.4, -0.2) is 47.2 Å². The number of carbonyl (C=O) groups is 2. The van der Waals surface area contributed by atoms with Gasteiger partial charge in [-0.3, -0.25) is 9.59 Å². The fourth-order valence-electron chi connectivity index (χ4n) is 3.05. The molecular weight excluding hydrogens is 348 g/mol. The van der Waals surface area contributed by atoms with E-state index in [0.717, 1.165) is 5.56 Å². The number of aliphatic carboxylic acids is 1. The number of carboxylic acid groups (broad SMARTS) is 1. The predicted molar refractivity (Wildman–Crippen MR) is 88.4 cm³/mol. The molecule has 2 atom stereocenters. The molecule has 0 aliphatic carbocycles. The molecule has 132 valence electrons. The van der Waals surface area contributed by atoms with Crippen LogP contribution >= 0.6 is 11.6 Å². The average molecular weight is 365 g/mol. The third-order valence-electron chi connectivity index (χ3n) is 4.29. The molecule has 1 amide bonds. The van der Waals surface area contributed by atoms with Crippen LogP contribution in [0.1, 0.15) is 27.7 Å². The van der Waals surface area contributed by atoms with Crippen LogP contribution in [0.25, 0.3) is 0 Å². The van der Waals surface area contributed by atoms with Gasteiger partial charge in [-0.05, 0) is 17.7 Å². The number of halogens is 1. The minimum absolute atomic E-state index is 0.119. The summed E-state index contributed by atoms with van der Waals surface area (Å²) in [5.74, 6) is -1.84. The molecule has 0 unspecified atom stereocenters. The number of nitrogens with zero attached hydrogens (tertiary/aromatic N) is 2. The molecule has 25 heavy (non-hydrogen) atoms. The lowest BCUT2D eigenvalue weighted by atomic mass is 9.89. The Bertz CT molecular complexity index is 774. The van der Waals surface area contributed by atoms with Gasteiger partial charge in [-0.2, -0.15) is 0 Å². The van der Waals surface area contributed by atoms with Crippen molar-refractivity contribution in [1.82, 2.24) is 10.1 Å². The molecule has 1 fully saturated rings. The number of benzene rings is 1. The summed E-state index contributed by atoms with van der Waals surface area (Å²) in [6.45, 7) is 0.628. The second-order valence-electron chi connectivity index (χ2n) is 5.92. The van der Waals surface area contributed by atoms with E-state index in [0.29, 0.717) is 17.3 Å². The lowest BCUT2D eigenvalue weighted by Crippen LogP contribution is -2.30. The Labute approximate surface area is 149 Å². The summed E-state index contributed by atoms with van der Waals surface area (Å²) in [4.78, 5) is 25.7. The van der Waals surface area contributed by atoms with Crippen LogP contribution in [0.4, 0.5) is 0 Å². The number of methoxy groups -OCH3 is 1. The molecule has 1 aliphatic rings. The molecule has 0 spiro atoms. The number of carbonyl (C=O) groups excluding carboxylic acids is 1. The Balaban J connectivity index is 1.80. The van der Waals surface area contributed by atoms with Crippen molar-refractivity contribution in [3.8, 4) is 0 Å². The van der Waals surface area contributed by atoms with E-state index in [1.54, 1.807) is 24.3 Å². The highest BCUT2D eigenvalue weighted by molar-refractivity contribution is 6.30. The summed E-state index contributed by atoms with van der Waals surface area (Å²) in [5, 5.41) is 13.9. The number of rotatable bonds is 5. The van der Waals surface area contributed by atoms with E-state index >= 15 is 0 Å². The van der Waals surface area contributed by atoms with Gasteiger partial charge in [-0.15, -0.1) is 0 Å². The standard InChI is InChI=1S/C17H17ClN2O5/c1-24-9-12-6-15(19-25-12)16(21)20-7-13(14(8-20)17(22)23)10-2-4-11(18)5-3-10/h2-6,13-14H,7-9H2,1H3,(H,22,23)/t13-,14+/m0/s1. The van der Waals surface area contributed by atoms with Gasteiger partial charge in [-0.25, -0.2) is 0 Å². The minimum Gasteiger partial charge on any atom is -0.481 e. The molecule has 1 N–H and O–H groups in total. The highest BCUT2D eigenvalue weighted by Gasteiger charge is 2.41. The maximum atomic E-state index is 12.6. The van der Waals surface area contributed by atoms with Crippen LogP contribution in [0.15, 0.2) is 34.9 Å². The number of amides is 1. The number of carboxylic acids is 1. The van der Waals surface area contributed by atoms with Gasteiger partial charge in [0.25, 0.3) is 5.91 Å². The van der Waals surface area contributed by atoms with Crippen molar-refractivity contribution in [3.63, 3.8) is 0 Å². The van der Waals surface area contributed by atoms with Crippen LogP contribution < -0.4 is 0 Å². The zero-order valence-corrected chi connectivity index (χ0v) is 14.3. The van der Waals surface area contributed by atoms with Crippen molar-refractivity contribution < 1.29 is 24.0 Å². The van der Waals surface area contributed by atoms with Gasteiger partial charge in [0, 0.05) is 37.2 Å². The van der Waals surface area contributed by atoms with E-state index in [1.165, 1.54) is 18.1 Å². The van der Waals surface area contributed by atoms with E-state index < -0.39 is 11.9 Å². The third-order valence-corrected chi connectivity index (χ3v) is 4.54. The lowest BCUT2D eigenvalue weighted by Gasteiger charge is -2.15. The molecule has 0 saturated carbocycles. The van der Waals surface area contributed by atoms with Gasteiger partial charge in [0.2, 0.25) is 0 Å². The van der Waals surface area contributed by atoms with Crippen LogP contribution in [0, 0.1) is 5.92 Å². The second-order valence-corrected chi connectivity index (χ2v) is 6.36. The van der Waals surface area contributed by atoms with Gasteiger partial charge in [0.15, 0.2) is 11.5 Å². The fourth-order valence-corrected chi connectivity index (χ4v) is 3.18. The van der Waals surface area contributed by atoms with E-state index in [4.69, 9.17) is 20.9 Å². The molecule has 1 aromatic heterocycles. The maximum absolute atomic E-state index is 12.6. The largest absolute Gasteiger partial charge is 0.481 e. The molecule has 2 aromatic rings. The molecule has 1 aromatic carbocycles. The molecule has 1 saturated heterocycles. The van der Waals surface area contributed by atoms with Gasteiger partial charge < -0.3 is 19.3 Å². The quantitative estimate of drug-likeness (QED) is 0.875. The summed E-state index contributed by atoms with van der Waals surface area (Å²) in [6, 6.07) is 8.54. The van der Waals surface area contributed by atoms with Crippen molar-refractivity contribution in [2.45, 2.75) is 12.5 Å². The normalized spacial score (nSPS) is 20.0. The van der Waals surface area contributed by atoms with Gasteiger partial charge >= 0.3 is 5.97 Å². The fraction of sp³-hybridized carbons (Fsp3) is 0.353. The zero-order valence-electron chi connectivity index (χ0n) is 13.5. The number of likely N-dealkylation sites (tertiary alicyclic amines) is 1. The molecule has 0 radical (unpaired) electrons. The van der Waals surface area contributed by atoms with Crippen molar-refractivity contribution >= 4 is 23.5 Å².